The standard InChI is InChI=1S/C17H33NO5Si/c1-12(2)22-15(19)14(16(20)23-13(3)4)18-10-11-21-24(8,9)17(5,6)7/h12-13H,10-11H2,1-9H3. The van der Waals surface area contributed by atoms with Crippen molar-refractivity contribution >= 4 is 26.0 Å². The summed E-state index contributed by atoms with van der Waals surface area (Å²) in [6, 6.07) is 0. The van der Waals surface area contributed by atoms with Crippen LogP contribution in [-0.2, 0) is 23.5 Å². The van der Waals surface area contributed by atoms with Crippen LogP contribution in [0.1, 0.15) is 48.5 Å². The second kappa shape index (κ2) is 9.32. The summed E-state index contributed by atoms with van der Waals surface area (Å²) >= 11 is 0. The number of hydrogen-bond acceptors (Lipinski definition) is 6. The minimum Gasteiger partial charge on any atom is -0.458 e. The predicted octanol–water partition coefficient (Wildman–Crippen LogP) is 3.35. The van der Waals surface area contributed by atoms with E-state index in [1.807, 2.05) is 0 Å². The van der Waals surface area contributed by atoms with Gasteiger partial charge in [0.1, 0.15) is 0 Å². The molecule has 140 valence electrons. The molecule has 6 nitrogen and oxygen atoms in total. The minimum absolute atomic E-state index is 0.0900. The van der Waals surface area contributed by atoms with E-state index in [0.29, 0.717) is 6.61 Å². The van der Waals surface area contributed by atoms with Crippen molar-refractivity contribution < 1.29 is 23.5 Å². The van der Waals surface area contributed by atoms with E-state index >= 15 is 0 Å². The molecule has 0 fully saturated rings. The Balaban J connectivity index is 4.94. The maximum atomic E-state index is 12.0. The van der Waals surface area contributed by atoms with Crippen LogP contribution in [-0.4, -0.2) is 51.3 Å². The SMILES string of the molecule is CC(C)OC(=O)C(=NCCO[Si](C)(C)C(C)(C)C)C(=O)OC(C)C. The number of rotatable bonds is 8. The molecule has 0 saturated heterocycles. The number of carbonyl (C=O) groups is 2. The summed E-state index contributed by atoms with van der Waals surface area (Å²) in [7, 11) is -1.89. The Kier molecular flexibility index (Phi) is 8.85. The van der Waals surface area contributed by atoms with Crippen LogP contribution < -0.4 is 0 Å². The molecule has 0 bridgehead atoms. The van der Waals surface area contributed by atoms with Crippen LogP contribution in [0.5, 0.6) is 0 Å². The first-order valence-electron chi connectivity index (χ1n) is 8.38. The fourth-order valence-corrected chi connectivity index (χ4v) is 2.46. The van der Waals surface area contributed by atoms with Gasteiger partial charge in [0.25, 0.3) is 0 Å². The Morgan fingerprint density at radius 3 is 1.71 bits per heavy atom. The number of esters is 2. The van der Waals surface area contributed by atoms with Gasteiger partial charge in [0.2, 0.25) is 5.71 Å². The summed E-state index contributed by atoms with van der Waals surface area (Å²) in [5, 5.41) is 0.0900. The third-order valence-electron chi connectivity index (χ3n) is 3.70. The molecule has 0 aromatic heterocycles. The zero-order chi connectivity index (χ0) is 19.1. The summed E-state index contributed by atoms with van der Waals surface area (Å²) in [6.07, 6.45) is -0.670. The number of nitrogens with zero attached hydrogens (tertiary/aromatic N) is 1. The molecule has 0 rings (SSSR count). The fourth-order valence-electron chi connectivity index (χ4n) is 1.43. The number of aliphatic imine (C=N–C) groups is 1. The van der Waals surface area contributed by atoms with Crippen molar-refractivity contribution in [2.24, 2.45) is 4.99 Å². The molecular weight excluding hydrogens is 326 g/mol. The first-order chi connectivity index (χ1) is 10.8. The predicted molar refractivity (Wildman–Crippen MR) is 97.9 cm³/mol. The van der Waals surface area contributed by atoms with Gasteiger partial charge in [0, 0.05) is 0 Å². The van der Waals surface area contributed by atoms with Gasteiger partial charge >= 0.3 is 11.9 Å². The van der Waals surface area contributed by atoms with E-state index in [1.54, 1.807) is 27.7 Å². The average Bonchev–Trinajstić information content (AvgIpc) is 2.34. The van der Waals surface area contributed by atoms with Crippen LogP contribution >= 0.6 is 0 Å². The average molecular weight is 360 g/mol. The maximum absolute atomic E-state index is 12.0. The van der Waals surface area contributed by atoms with Gasteiger partial charge in [-0.3, -0.25) is 4.99 Å². The van der Waals surface area contributed by atoms with Crippen molar-refractivity contribution in [1.82, 2.24) is 0 Å². The van der Waals surface area contributed by atoms with E-state index in [1.165, 1.54) is 0 Å². The normalized spacial score (nSPS) is 12.3. The van der Waals surface area contributed by atoms with Crippen molar-refractivity contribution in [3.63, 3.8) is 0 Å². The van der Waals surface area contributed by atoms with E-state index in [2.05, 4.69) is 38.9 Å². The number of ether oxygens (including phenoxy) is 2. The highest BCUT2D eigenvalue weighted by Gasteiger charge is 2.37. The molecular formula is C17H33NO5Si. The van der Waals surface area contributed by atoms with Crippen molar-refractivity contribution in [3.05, 3.63) is 0 Å². The van der Waals surface area contributed by atoms with E-state index < -0.39 is 20.3 Å². The first kappa shape index (κ1) is 22.8. The molecule has 0 aliphatic carbocycles. The summed E-state index contributed by atoms with van der Waals surface area (Å²) in [5.74, 6) is -1.52. The summed E-state index contributed by atoms with van der Waals surface area (Å²) in [4.78, 5) is 28.2. The lowest BCUT2D eigenvalue weighted by molar-refractivity contribution is -0.144. The number of hydrogen-bond donors (Lipinski definition) is 0. The lowest BCUT2D eigenvalue weighted by Gasteiger charge is -2.35. The van der Waals surface area contributed by atoms with Crippen molar-refractivity contribution in [3.8, 4) is 0 Å². The van der Waals surface area contributed by atoms with E-state index in [4.69, 9.17) is 13.9 Å². The fraction of sp³-hybridized carbons (Fsp3) is 0.824. The maximum Gasteiger partial charge on any atom is 0.364 e. The zero-order valence-electron chi connectivity index (χ0n) is 16.6. The van der Waals surface area contributed by atoms with Gasteiger partial charge in [-0.1, -0.05) is 20.8 Å². The molecule has 0 saturated carbocycles. The molecule has 0 aromatic rings. The highest BCUT2D eigenvalue weighted by Crippen LogP contribution is 2.36. The molecule has 0 heterocycles. The van der Waals surface area contributed by atoms with Crippen LogP contribution in [0.3, 0.4) is 0 Å². The summed E-state index contributed by atoms with van der Waals surface area (Å²) in [6.45, 7) is 18.1. The van der Waals surface area contributed by atoms with Crippen molar-refractivity contribution in [2.75, 3.05) is 13.2 Å². The lowest BCUT2D eigenvalue weighted by atomic mass is 10.2. The second-order valence-electron chi connectivity index (χ2n) is 7.75. The van der Waals surface area contributed by atoms with Crippen molar-refractivity contribution in [2.45, 2.75) is 78.8 Å². The van der Waals surface area contributed by atoms with Crippen LogP contribution in [0, 0.1) is 0 Å². The highest BCUT2D eigenvalue weighted by molar-refractivity contribution is 6.74. The Morgan fingerprint density at radius 1 is 0.958 bits per heavy atom. The third kappa shape index (κ3) is 8.05. The van der Waals surface area contributed by atoms with Crippen LogP contribution in [0.4, 0.5) is 0 Å². The van der Waals surface area contributed by atoms with Crippen LogP contribution in [0.15, 0.2) is 4.99 Å². The molecule has 24 heavy (non-hydrogen) atoms. The second-order valence-corrected chi connectivity index (χ2v) is 12.6. The van der Waals surface area contributed by atoms with Crippen LogP contribution in [0.25, 0.3) is 0 Å². The van der Waals surface area contributed by atoms with E-state index in [9.17, 15) is 9.59 Å². The first-order valence-corrected chi connectivity index (χ1v) is 11.3. The lowest BCUT2D eigenvalue weighted by Crippen LogP contribution is -2.41. The van der Waals surface area contributed by atoms with Gasteiger partial charge in [-0.25, -0.2) is 9.59 Å². The van der Waals surface area contributed by atoms with Gasteiger partial charge in [0.15, 0.2) is 8.32 Å². The molecule has 7 heteroatoms. The van der Waals surface area contributed by atoms with E-state index in [-0.39, 0.29) is 29.5 Å². The van der Waals surface area contributed by atoms with Gasteiger partial charge in [-0.15, -0.1) is 0 Å². The molecule has 0 atom stereocenters. The molecule has 0 N–H and O–H groups in total. The molecule has 0 amide bonds. The Labute approximate surface area is 147 Å². The quantitative estimate of drug-likeness (QED) is 0.218. The largest absolute Gasteiger partial charge is 0.458 e. The van der Waals surface area contributed by atoms with Gasteiger partial charge in [0.05, 0.1) is 25.4 Å². The molecule has 0 spiro atoms. The third-order valence-corrected chi connectivity index (χ3v) is 8.24. The Hall–Kier alpha value is -1.21. The molecule has 0 aromatic carbocycles. The number of carbonyl (C=O) groups excluding carboxylic acids is 2. The zero-order valence-corrected chi connectivity index (χ0v) is 17.6. The topological polar surface area (TPSA) is 74.2 Å². The minimum atomic E-state index is -1.89. The van der Waals surface area contributed by atoms with Gasteiger partial charge < -0.3 is 13.9 Å². The molecule has 0 radical (unpaired) electrons. The molecule has 0 aliphatic heterocycles. The summed E-state index contributed by atoms with van der Waals surface area (Å²) in [5.41, 5.74) is -0.309. The summed E-state index contributed by atoms with van der Waals surface area (Å²) < 4.78 is 16.1. The van der Waals surface area contributed by atoms with Gasteiger partial charge in [-0.2, -0.15) is 0 Å². The van der Waals surface area contributed by atoms with E-state index in [0.717, 1.165) is 0 Å². The van der Waals surface area contributed by atoms with Crippen molar-refractivity contribution in [1.29, 1.82) is 0 Å². The highest BCUT2D eigenvalue weighted by atomic mass is 28.4. The van der Waals surface area contributed by atoms with Gasteiger partial charge in [-0.05, 0) is 45.8 Å². The molecule has 0 aliphatic rings. The molecule has 0 unspecified atom stereocenters. The smallest absolute Gasteiger partial charge is 0.364 e. The van der Waals surface area contributed by atoms with Crippen LogP contribution in [0.2, 0.25) is 18.1 Å². The Bertz CT molecular complexity index is 440. The Morgan fingerprint density at radius 2 is 1.38 bits per heavy atom. The monoisotopic (exact) mass is 359 g/mol.